The van der Waals surface area contributed by atoms with Gasteiger partial charge in [-0.15, -0.1) is 0 Å². The number of carbonyl (C=O) groups is 1. The molecule has 1 aliphatic heterocycles. The maximum absolute atomic E-state index is 12.3. The van der Waals surface area contributed by atoms with Gasteiger partial charge < -0.3 is 41.6 Å². The fraction of sp³-hybridized carbons (Fsp3) is 0.323. The quantitative estimate of drug-likeness (QED) is 0.0621. The van der Waals surface area contributed by atoms with Crippen LogP contribution < -0.4 is 32.4 Å². The molecule has 222 valence electrons. The van der Waals surface area contributed by atoms with Crippen molar-refractivity contribution in [3.8, 4) is 28.2 Å². The Hall–Kier alpha value is -4.03. The van der Waals surface area contributed by atoms with Crippen LogP contribution in [0.1, 0.15) is 36.0 Å². The van der Waals surface area contributed by atoms with E-state index in [-0.39, 0.29) is 16.7 Å². The summed E-state index contributed by atoms with van der Waals surface area (Å²) in [6, 6.07) is 13.9. The van der Waals surface area contributed by atoms with Crippen molar-refractivity contribution in [2.45, 2.75) is 25.7 Å². The van der Waals surface area contributed by atoms with Crippen LogP contribution in [0.15, 0.2) is 63.8 Å². The molecule has 0 amide bonds. The Balaban J connectivity index is 1.42. The van der Waals surface area contributed by atoms with Crippen molar-refractivity contribution in [3.05, 3.63) is 70.4 Å². The van der Waals surface area contributed by atoms with E-state index >= 15 is 0 Å². The number of quaternary nitrogens is 2. The molecule has 0 unspecified atom stereocenters. The van der Waals surface area contributed by atoms with Crippen LogP contribution in [0.3, 0.4) is 0 Å². The third-order valence-electron chi connectivity index (χ3n) is 6.94. The maximum Gasteiger partial charge on any atom is 0.336 e. The van der Waals surface area contributed by atoms with Crippen LogP contribution in [0.25, 0.3) is 33.4 Å². The van der Waals surface area contributed by atoms with E-state index in [1.165, 1.54) is 43.2 Å². The molecule has 2 aromatic rings. The number of hydrogen-bond donors (Lipinski definition) is 7. The van der Waals surface area contributed by atoms with Crippen molar-refractivity contribution in [3.63, 3.8) is 0 Å². The van der Waals surface area contributed by atoms with Gasteiger partial charge in [0.1, 0.15) is 17.1 Å². The highest BCUT2D eigenvalue weighted by atomic mass is 32.1. The number of carboxylic acids is 1. The molecule has 10 N–H and O–H groups in total. The minimum absolute atomic E-state index is 0.00935. The molecule has 2 aliphatic rings. The normalized spacial score (nSPS) is 11.2. The Labute approximate surface area is 249 Å². The molecule has 0 atom stereocenters. The number of aromatic carboxylic acids is 1. The molecular weight excluding hydrogens is 554 g/mol. The van der Waals surface area contributed by atoms with Crippen LogP contribution in [0, 0.1) is 0 Å². The summed E-state index contributed by atoms with van der Waals surface area (Å²) >= 11 is 5.50. The smallest absolute Gasteiger partial charge is 0.336 e. The first kappa shape index (κ1) is 30.9. The van der Waals surface area contributed by atoms with E-state index in [1.807, 2.05) is 0 Å². The van der Waals surface area contributed by atoms with Crippen molar-refractivity contribution >= 4 is 40.0 Å². The van der Waals surface area contributed by atoms with Gasteiger partial charge in [0.05, 0.1) is 25.2 Å². The molecule has 0 radical (unpaired) electrons. The van der Waals surface area contributed by atoms with E-state index in [9.17, 15) is 19.8 Å². The first-order chi connectivity index (χ1) is 20.4. The van der Waals surface area contributed by atoms with Crippen LogP contribution in [-0.4, -0.2) is 60.6 Å². The van der Waals surface area contributed by atoms with E-state index < -0.39 is 5.97 Å². The number of phenols is 1. The van der Waals surface area contributed by atoms with E-state index in [1.54, 1.807) is 24.3 Å². The molecule has 1 heterocycles. The third-order valence-corrected chi connectivity index (χ3v) is 7.19. The topological polar surface area (TPSA) is 168 Å². The second kappa shape index (κ2) is 15.3. The number of phenolic OH excluding ortho intramolecular Hbond substituents is 1. The fourth-order valence-electron chi connectivity index (χ4n) is 4.85. The Kier molecular flexibility index (Phi) is 11.2. The number of nitrogens with one attached hydrogen (secondary N) is 3. The Morgan fingerprint density at radius 2 is 1.74 bits per heavy atom. The van der Waals surface area contributed by atoms with E-state index in [0.29, 0.717) is 50.8 Å². The molecule has 0 fully saturated rings. The zero-order chi connectivity index (χ0) is 29.9. The lowest BCUT2D eigenvalue weighted by atomic mass is 9.90. The lowest BCUT2D eigenvalue weighted by Gasteiger charge is -2.18. The molecule has 0 bridgehead atoms. The maximum atomic E-state index is 12.3. The molecule has 0 spiro atoms. The van der Waals surface area contributed by atoms with Gasteiger partial charge in [-0.3, -0.25) is 4.79 Å². The summed E-state index contributed by atoms with van der Waals surface area (Å²) < 4.78 is 5.91. The zero-order valence-corrected chi connectivity index (χ0v) is 24.4. The van der Waals surface area contributed by atoms with Gasteiger partial charge in [-0.05, 0) is 92.6 Å². The van der Waals surface area contributed by atoms with E-state index in [2.05, 4.69) is 27.0 Å². The number of nitrogens with two attached hydrogens (primary N) is 1. The van der Waals surface area contributed by atoms with E-state index in [4.69, 9.17) is 16.6 Å². The fourth-order valence-corrected chi connectivity index (χ4v) is 5.07. The van der Waals surface area contributed by atoms with Crippen LogP contribution in [0.2, 0.25) is 0 Å². The van der Waals surface area contributed by atoms with Crippen molar-refractivity contribution in [2.24, 2.45) is 0 Å². The SMILES string of the molecule is [NH3+]CCC[NH2+]CCCCNCCCNC(=S)Nc1ccc(C(=O)O)c(-c2c3ccc(=O)cc-3oc3cc(O)ccc23)c1. The molecule has 10 nitrogen and oxygen atoms in total. The van der Waals surface area contributed by atoms with Crippen LogP contribution in [-0.2, 0) is 0 Å². The van der Waals surface area contributed by atoms with Crippen molar-refractivity contribution < 1.29 is 30.5 Å². The third kappa shape index (κ3) is 8.26. The van der Waals surface area contributed by atoms with Gasteiger partial charge in [0.15, 0.2) is 10.5 Å². The summed E-state index contributed by atoms with van der Waals surface area (Å²) in [7, 11) is 0. The molecule has 0 saturated carbocycles. The molecule has 0 saturated heterocycles. The summed E-state index contributed by atoms with van der Waals surface area (Å²) in [5.41, 5.74) is 6.21. The number of hydrogen-bond acceptors (Lipinski definition) is 6. The van der Waals surface area contributed by atoms with Crippen molar-refractivity contribution in [2.75, 3.05) is 44.6 Å². The van der Waals surface area contributed by atoms with Crippen LogP contribution in [0.5, 0.6) is 5.75 Å². The number of benzene rings is 3. The summed E-state index contributed by atoms with van der Waals surface area (Å²) in [5, 5.41) is 33.3. The summed E-state index contributed by atoms with van der Waals surface area (Å²) in [6.45, 7) is 5.89. The zero-order valence-electron chi connectivity index (χ0n) is 23.6. The lowest BCUT2D eigenvalue weighted by Crippen LogP contribution is -2.84. The molecule has 2 aromatic carbocycles. The van der Waals surface area contributed by atoms with Gasteiger partial charge in [0.2, 0.25) is 0 Å². The molecular formula is C31H39N5O5S+2. The first-order valence-corrected chi connectivity index (χ1v) is 14.7. The molecule has 1 aliphatic carbocycles. The number of aromatic hydroxyl groups is 1. The average Bonchev–Trinajstić information content (AvgIpc) is 2.96. The largest absolute Gasteiger partial charge is 0.508 e. The average molecular weight is 594 g/mol. The number of fused-ring (bicyclic) bond motifs is 2. The number of unbranched alkanes of at least 4 members (excludes halogenated alkanes) is 1. The van der Waals surface area contributed by atoms with Gasteiger partial charge in [-0.1, -0.05) is 0 Å². The Bertz CT molecular complexity index is 1560. The highest BCUT2D eigenvalue weighted by molar-refractivity contribution is 7.80. The highest BCUT2D eigenvalue weighted by Gasteiger charge is 2.22. The summed E-state index contributed by atoms with van der Waals surface area (Å²) in [5.74, 6) is -0.817. The summed E-state index contributed by atoms with van der Waals surface area (Å²) in [6.07, 6.45) is 4.43. The Morgan fingerprint density at radius 3 is 2.55 bits per heavy atom. The first-order valence-electron chi connectivity index (χ1n) is 14.3. The number of rotatable bonds is 15. The highest BCUT2D eigenvalue weighted by Crippen LogP contribution is 2.42. The van der Waals surface area contributed by atoms with Crippen molar-refractivity contribution in [1.82, 2.24) is 10.6 Å². The Morgan fingerprint density at radius 1 is 0.929 bits per heavy atom. The van der Waals surface area contributed by atoms with Crippen LogP contribution in [0.4, 0.5) is 5.69 Å². The monoisotopic (exact) mass is 593 g/mol. The minimum atomic E-state index is -1.10. The van der Waals surface area contributed by atoms with Gasteiger partial charge in [-0.25, -0.2) is 4.79 Å². The van der Waals surface area contributed by atoms with Crippen LogP contribution >= 0.6 is 12.2 Å². The van der Waals surface area contributed by atoms with Crippen molar-refractivity contribution in [1.29, 1.82) is 0 Å². The second-order valence-electron chi connectivity index (χ2n) is 10.1. The van der Waals surface area contributed by atoms with Gasteiger partial charge in [0, 0.05) is 47.3 Å². The minimum Gasteiger partial charge on any atom is -0.508 e. The number of anilines is 1. The van der Waals surface area contributed by atoms with Gasteiger partial charge in [-0.2, -0.15) is 0 Å². The predicted molar refractivity (Wildman–Crippen MR) is 168 cm³/mol. The van der Waals surface area contributed by atoms with Gasteiger partial charge >= 0.3 is 5.97 Å². The molecule has 0 aromatic heterocycles. The molecule has 11 heteroatoms. The summed E-state index contributed by atoms with van der Waals surface area (Å²) in [4.78, 5) is 24.3. The van der Waals surface area contributed by atoms with Gasteiger partial charge in [0.25, 0.3) is 0 Å². The lowest BCUT2D eigenvalue weighted by molar-refractivity contribution is -0.657. The predicted octanol–water partition coefficient (Wildman–Crippen LogP) is 2.21. The molecule has 4 rings (SSSR count). The van der Waals surface area contributed by atoms with E-state index in [0.717, 1.165) is 45.6 Å². The number of thiocarbonyl (C=S) groups is 1. The standard InChI is InChI=1S/C31H37N5O5S/c32-11-3-14-33-12-1-2-13-34-15-4-16-35-31(42)36-20-5-8-23(30(39)40)26(17-20)29-24-9-6-21(37)18-27(24)41-28-19-22(38)7-10-25(28)29/h5-10,17-19,33-34,37H,1-4,11-16,32H2,(H,39,40)(H2,35,36,42)/p+2. The number of carboxylic acid groups (broad SMARTS) is 1. The molecule has 42 heavy (non-hydrogen) atoms. The second-order valence-corrected chi connectivity index (χ2v) is 10.6.